The van der Waals surface area contributed by atoms with Crippen LogP contribution >= 0.6 is 0 Å². The van der Waals surface area contributed by atoms with Gasteiger partial charge in [-0.3, -0.25) is 28.8 Å². The third-order valence-electron chi connectivity index (χ3n) is 8.93. The van der Waals surface area contributed by atoms with Crippen LogP contribution in [0.2, 0.25) is 0 Å². The first-order valence-electron chi connectivity index (χ1n) is 18.9. The van der Waals surface area contributed by atoms with Crippen LogP contribution in [-0.2, 0) is 38.2 Å². The molecule has 0 bridgehead atoms. The highest BCUT2D eigenvalue weighted by molar-refractivity contribution is 5.94. The highest BCUT2D eigenvalue weighted by atomic mass is 16.6. The third kappa shape index (κ3) is 16.6. The minimum absolute atomic E-state index is 0.117. The van der Waals surface area contributed by atoms with Gasteiger partial charge >= 0.3 is 12.1 Å². The van der Waals surface area contributed by atoms with Gasteiger partial charge in [-0.1, -0.05) is 39.5 Å². The van der Waals surface area contributed by atoms with E-state index in [9.17, 15) is 38.7 Å². The number of alkyl carbamates (subject to hydrolysis) is 1. The van der Waals surface area contributed by atoms with Crippen molar-refractivity contribution in [3.63, 3.8) is 0 Å². The van der Waals surface area contributed by atoms with Crippen molar-refractivity contribution < 1.29 is 48.1 Å². The normalized spacial score (nSPS) is 22.7. The summed E-state index contributed by atoms with van der Waals surface area (Å²) >= 11 is 0. The van der Waals surface area contributed by atoms with E-state index < -0.39 is 78.1 Å². The van der Waals surface area contributed by atoms with Gasteiger partial charge in [0.15, 0.2) is 6.10 Å². The molecular weight excluding hydrogens is 676 g/mol. The van der Waals surface area contributed by atoms with Crippen LogP contribution in [0.5, 0.6) is 0 Å². The van der Waals surface area contributed by atoms with E-state index in [1.165, 1.54) is 0 Å². The van der Waals surface area contributed by atoms with Gasteiger partial charge in [-0.05, 0) is 84.5 Å². The number of carbonyl (C=O) groups is 7. The lowest BCUT2D eigenvalue weighted by Gasteiger charge is -2.33. The summed E-state index contributed by atoms with van der Waals surface area (Å²) in [6.45, 7) is 8.80. The van der Waals surface area contributed by atoms with Crippen molar-refractivity contribution in [2.24, 2.45) is 5.92 Å². The zero-order valence-corrected chi connectivity index (χ0v) is 31.6. The Hall–Kier alpha value is -3.95. The summed E-state index contributed by atoms with van der Waals surface area (Å²) < 4.78 is 10.3. The number of carbonyl (C=O) groups excluding carboxylic acids is 7. The molecule has 296 valence electrons. The molecule has 0 aromatic carbocycles. The monoisotopic (exact) mass is 738 g/mol. The molecule has 2 rings (SSSR count). The van der Waals surface area contributed by atoms with Crippen LogP contribution < -0.4 is 31.9 Å². The Balaban J connectivity index is 2.32. The van der Waals surface area contributed by atoms with Crippen molar-refractivity contribution in [1.29, 1.82) is 0 Å². The highest BCUT2D eigenvalue weighted by Gasteiger charge is 2.37. The van der Waals surface area contributed by atoms with Crippen LogP contribution in [0.1, 0.15) is 125 Å². The molecule has 1 heterocycles. The van der Waals surface area contributed by atoms with Crippen molar-refractivity contribution in [3.8, 4) is 0 Å². The van der Waals surface area contributed by atoms with E-state index in [4.69, 9.17) is 9.47 Å². The zero-order chi connectivity index (χ0) is 38.7. The molecule has 5 atom stereocenters. The number of nitrogens with one attached hydrogen (secondary N) is 6. The topological polar surface area (TPSA) is 230 Å². The van der Waals surface area contributed by atoms with Crippen LogP contribution in [0.25, 0.3) is 0 Å². The predicted molar refractivity (Wildman–Crippen MR) is 191 cm³/mol. The lowest BCUT2D eigenvalue weighted by Crippen LogP contribution is -2.60. The molecular formula is C36H62N6O10. The van der Waals surface area contributed by atoms with E-state index in [-0.39, 0.29) is 44.1 Å². The largest absolute Gasteiger partial charge is 0.464 e. The van der Waals surface area contributed by atoms with Gasteiger partial charge in [0.25, 0.3) is 5.91 Å². The van der Waals surface area contributed by atoms with Crippen molar-refractivity contribution in [1.82, 2.24) is 31.9 Å². The maximum Gasteiger partial charge on any atom is 0.408 e. The molecule has 2 aliphatic rings. The molecule has 1 saturated heterocycles. The van der Waals surface area contributed by atoms with Crippen LogP contribution in [0, 0.1) is 5.92 Å². The first-order chi connectivity index (χ1) is 24.6. The number of hydrogen-bond donors (Lipinski definition) is 7. The van der Waals surface area contributed by atoms with Crippen LogP contribution in [0.3, 0.4) is 0 Å². The second-order valence-corrected chi connectivity index (χ2v) is 14.7. The fourth-order valence-electron chi connectivity index (χ4n) is 6.24. The molecule has 2 fully saturated rings. The average molecular weight is 739 g/mol. The fraction of sp³-hybridized carbons (Fsp3) is 0.806. The minimum Gasteiger partial charge on any atom is -0.464 e. The molecule has 1 aliphatic heterocycles. The van der Waals surface area contributed by atoms with Crippen molar-refractivity contribution in [2.75, 3.05) is 19.7 Å². The molecule has 16 nitrogen and oxygen atoms in total. The molecule has 7 N–H and O–H groups in total. The first kappa shape index (κ1) is 44.2. The Labute approximate surface area is 307 Å². The summed E-state index contributed by atoms with van der Waals surface area (Å²) in [5.74, 6) is -3.78. The Morgan fingerprint density at radius 2 is 1.58 bits per heavy atom. The SMILES string of the molecule is CCCOC(=O)CNC(=O)C(O)C(CCC)NC(=O)C1CCCCNC(=O)CCCC(NC(=O)OC(C)(C)C)C(=O)NC(C2CCCCC2)C(=O)N1. The Kier molecular flexibility index (Phi) is 19.4. The molecule has 5 unspecified atom stereocenters. The minimum atomic E-state index is -1.69. The van der Waals surface area contributed by atoms with Gasteiger partial charge in [0.05, 0.1) is 12.6 Å². The lowest BCUT2D eigenvalue weighted by atomic mass is 9.83. The van der Waals surface area contributed by atoms with E-state index in [1.54, 1.807) is 20.8 Å². The summed E-state index contributed by atoms with van der Waals surface area (Å²) in [5.41, 5.74) is -0.822. The molecule has 0 radical (unpaired) electrons. The summed E-state index contributed by atoms with van der Waals surface area (Å²) in [6.07, 6.45) is 4.55. The van der Waals surface area contributed by atoms with Gasteiger partial charge in [-0.15, -0.1) is 0 Å². The number of rotatable bonds is 12. The maximum atomic E-state index is 14.1. The van der Waals surface area contributed by atoms with Gasteiger partial charge in [0.2, 0.25) is 23.6 Å². The fourth-order valence-corrected chi connectivity index (χ4v) is 6.24. The van der Waals surface area contributed by atoms with Crippen LogP contribution in [-0.4, -0.2) is 102 Å². The van der Waals surface area contributed by atoms with Gasteiger partial charge in [-0.2, -0.15) is 0 Å². The smallest absolute Gasteiger partial charge is 0.408 e. The number of ether oxygens (including phenoxy) is 2. The van der Waals surface area contributed by atoms with Crippen molar-refractivity contribution in [3.05, 3.63) is 0 Å². The molecule has 0 aromatic heterocycles. The van der Waals surface area contributed by atoms with E-state index in [0.717, 1.165) is 19.3 Å². The summed E-state index contributed by atoms with van der Waals surface area (Å²) in [4.78, 5) is 91.5. The van der Waals surface area contributed by atoms with Gasteiger partial charge < -0.3 is 46.5 Å². The Morgan fingerprint density at radius 3 is 2.23 bits per heavy atom. The summed E-state index contributed by atoms with van der Waals surface area (Å²) in [7, 11) is 0. The molecule has 0 aromatic rings. The first-order valence-corrected chi connectivity index (χ1v) is 18.9. The second-order valence-electron chi connectivity index (χ2n) is 14.7. The lowest BCUT2D eigenvalue weighted by molar-refractivity contribution is -0.145. The van der Waals surface area contributed by atoms with Gasteiger partial charge in [-0.25, -0.2) is 4.79 Å². The predicted octanol–water partition coefficient (Wildman–Crippen LogP) is 1.62. The number of hydrogen-bond acceptors (Lipinski definition) is 10. The molecule has 1 saturated carbocycles. The average Bonchev–Trinajstić information content (AvgIpc) is 3.09. The summed E-state index contributed by atoms with van der Waals surface area (Å²) in [5, 5.41) is 27.0. The highest BCUT2D eigenvalue weighted by Crippen LogP contribution is 2.27. The van der Waals surface area contributed by atoms with Crippen LogP contribution in [0.4, 0.5) is 4.79 Å². The third-order valence-corrected chi connectivity index (χ3v) is 8.93. The zero-order valence-electron chi connectivity index (χ0n) is 31.6. The van der Waals surface area contributed by atoms with E-state index >= 15 is 0 Å². The van der Waals surface area contributed by atoms with Crippen molar-refractivity contribution >= 4 is 41.6 Å². The van der Waals surface area contributed by atoms with Crippen LogP contribution in [0.15, 0.2) is 0 Å². The van der Waals surface area contributed by atoms with Gasteiger partial charge in [0.1, 0.15) is 30.3 Å². The molecule has 6 amide bonds. The quantitative estimate of drug-likeness (QED) is 0.143. The Bertz CT molecular complexity index is 1200. The number of aliphatic hydroxyl groups excluding tert-OH is 1. The Morgan fingerprint density at radius 1 is 0.885 bits per heavy atom. The molecule has 16 heteroatoms. The standard InChI is InChI=1S/C36H62N6O10/c1-6-14-24(30(45)34(49)38-22-28(44)51-21-7-2)39-31(46)25-17-11-12-20-37-27(43)19-13-18-26(41-35(50)52-36(3,4)5)32(47)42-29(33(48)40-25)23-15-9-8-10-16-23/h23-26,29-30,45H,6-22H2,1-5H3,(H,37,43)(H,38,49)(H,39,46)(H,40,48)(H,41,50)(H,42,47). The number of esters is 1. The van der Waals surface area contributed by atoms with Gasteiger partial charge in [0, 0.05) is 13.0 Å². The second kappa shape index (κ2) is 22.9. The van der Waals surface area contributed by atoms with Crippen molar-refractivity contribution in [2.45, 2.75) is 160 Å². The molecule has 52 heavy (non-hydrogen) atoms. The number of amides is 6. The molecule has 1 aliphatic carbocycles. The molecule has 0 spiro atoms. The summed E-state index contributed by atoms with van der Waals surface area (Å²) in [6, 6.07) is -4.25. The maximum absolute atomic E-state index is 14.1. The van der Waals surface area contributed by atoms with E-state index in [2.05, 4.69) is 31.9 Å². The van der Waals surface area contributed by atoms with E-state index in [1.807, 2.05) is 13.8 Å². The van der Waals surface area contributed by atoms with E-state index in [0.29, 0.717) is 51.5 Å². The number of aliphatic hydroxyl groups is 1.